The van der Waals surface area contributed by atoms with E-state index in [1.165, 1.54) is 6.39 Å². The number of carbonyl (C=O) groups is 1. The molecule has 5 nitrogen and oxygen atoms in total. The molecule has 3 rings (SSSR count). The Morgan fingerprint density at radius 2 is 1.88 bits per heavy atom. The highest BCUT2D eigenvalue weighted by Crippen LogP contribution is 2.29. The number of halogens is 1. The molecule has 1 amide bonds. The third-order valence-corrected chi connectivity index (χ3v) is 4.38. The van der Waals surface area contributed by atoms with E-state index < -0.39 is 0 Å². The predicted molar refractivity (Wildman–Crippen MR) is 104 cm³/mol. The molecule has 0 fully saturated rings. The number of para-hydroxylation sites is 1. The van der Waals surface area contributed by atoms with Crippen LogP contribution >= 0.6 is 11.6 Å². The molecule has 0 radical (unpaired) electrons. The zero-order chi connectivity index (χ0) is 18.4. The average Bonchev–Trinajstić information content (AvgIpc) is 3.15. The molecule has 26 heavy (non-hydrogen) atoms. The van der Waals surface area contributed by atoms with Gasteiger partial charge in [-0.25, -0.2) is 4.98 Å². The lowest BCUT2D eigenvalue weighted by atomic mass is 10.1. The number of anilines is 1. The van der Waals surface area contributed by atoms with Crippen LogP contribution in [0, 0.1) is 0 Å². The van der Waals surface area contributed by atoms with Gasteiger partial charge in [0.15, 0.2) is 17.8 Å². The van der Waals surface area contributed by atoms with Gasteiger partial charge in [-0.15, -0.1) is 0 Å². The van der Waals surface area contributed by atoms with Crippen LogP contribution in [0.3, 0.4) is 0 Å². The lowest BCUT2D eigenvalue weighted by Crippen LogP contribution is -2.28. The zero-order valence-corrected chi connectivity index (χ0v) is 15.2. The molecule has 0 unspecified atom stereocenters. The van der Waals surface area contributed by atoms with E-state index in [4.69, 9.17) is 16.0 Å². The van der Waals surface area contributed by atoms with Crippen molar-refractivity contribution in [3.8, 4) is 11.3 Å². The van der Waals surface area contributed by atoms with E-state index in [0.29, 0.717) is 22.9 Å². The van der Waals surface area contributed by atoms with Crippen molar-refractivity contribution in [2.75, 3.05) is 25.0 Å². The van der Waals surface area contributed by atoms with Crippen molar-refractivity contribution >= 4 is 23.2 Å². The Kier molecular flexibility index (Phi) is 5.92. The number of nitrogens with zero attached hydrogens (tertiary/aromatic N) is 2. The van der Waals surface area contributed by atoms with Gasteiger partial charge in [-0.2, -0.15) is 0 Å². The maximum atomic E-state index is 12.4. The fraction of sp³-hybridized carbons (Fsp3) is 0.200. The third kappa shape index (κ3) is 4.24. The first-order valence-electron chi connectivity index (χ1n) is 8.39. The van der Waals surface area contributed by atoms with Gasteiger partial charge in [0.1, 0.15) is 0 Å². The molecule has 134 valence electrons. The van der Waals surface area contributed by atoms with Crippen LogP contribution in [0.1, 0.15) is 16.9 Å². The molecule has 0 aliphatic heterocycles. The second kappa shape index (κ2) is 8.54. The van der Waals surface area contributed by atoms with E-state index in [-0.39, 0.29) is 11.6 Å². The molecule has 0 atom stereocenters. The second-order valence-electron chi connectivity index (χ2n) is 5.88. The summed E-state index contributed by atoms with van der Waals surface area (Å²) in [6, 6.07) is 17.3. The number of oxazole rings is 1. The van der Waals surface area contributed by atoms with Crippen molar-refractivity contribution in [1.29, 1.82) is 0 Å². The van der Waals surface area contributed by atoms with Crippen molar-refractivity contribution in [2.24, 2.45) is 0 Å². The summed E-state index contributed by atoms with van der Waals surface area (Å²) < 4.78 is 5.39. The zero-order valence-electron chi connectivity index (χ0n) is 14.5. The summed E-state index contributed by atoms with van der Waals surface area (Å²) in [5, 5.41) is 3.41. The van der Waals surface area contributed by atoms with Crippen LogP contribution < -0.4 is 10.2 Å². The highest BCUT2D eigenvalue weighted by atomic mass is 35.5. The Labute approximate surface area is 157 Å². The Hall–Kier alpha value is -2.79. The largest absolute Gasteiger partial charge is 0.443 e. The number of nitrogens with one attached hydrogen (secondary N) is 1. The number of hydrogen-bond acceptors (Lipinski definition) is 4. The summed E-state index contributed by atoms with van der Waals surface area (Å²) in [6.45, 7) is 1.38. The monoisotopic (exact) mass is 369 g/mol. The highest BCUT2D eigenvalue weighted by Gasteiger charge is 2.19. The minimum atomic E-state index is -0.268. The summed E-state index contributed by atoms with van der Waals surface area (Å²) in [5.74, 6) is 0.116. The normalized spacial score (nSPS) is 10.5. The van der Waals surface area contributed by atoms with Crippen LogP contribution in [0.15, 0.2) is 65.4 Å². The van der Waals surface area contributed by atoms with Gasteiger partial charge in [0.25, 0.3) is 5.91 Å². The topological polar surface area (TPSA) is 58.4 Å². The number of hydrogen-bond donors (Lipinski definition) is 1. The summed E-state index contributed by atoms with van der Waals surface area (Å²) >= 11 is 6.19. The van der Waals surface area contributed by atoms with Crippen molar-refractivity contribution in [1.82, 2.24) is 10.3 Å². The molecule has 0 saturated carbocycles. The second-order valence-corrected chi connectivity index (χ2v) is 6.28. The number of benzene rings is 2. The molecule has 1 N–H and O–H groups in total. The Bertz CT molecular complexity index is 864. The van der Waals surface area contributed by atoms with E-state index in [1.807, 2.05) is 37.4 Å². The first-order chi connectivity index (χ1) is 12.7. The minimum absolute atomic E-state index is 0.245. The molecule has 0 aliphatic carbocycles. The fourth-order valence-electron chi connectivity index (χ4n) is 2.66. The predicted octanol–water partition coefficient (Wildman–Crippen LogP) is 4.25. The van der Waals surface area contributed by atoms with Gasteiger partial charge in [-0.05, 0) is 30.7 Å². The number of carbonyl (C=O) groups excluding carboxylic acids is 1. The van der Waals surface area contributed by atoms with Gasteiger partial charge >= 0.3 is 0 Å². The Balaban J connectivity index is 1.55. The maximum Gasteiger partial charge on any atom is 0.273 e. The summed E-state index contributed by atoms with van der Waals surface area (Å²) in [7, 11) is 2.03. The smallest absolute Gasteiger partial charge is 0.273 e. The standard InChI is InChI=1S/C20H20ClN3O2/c1-24(15-8-3-2-4-9-15)13-7-12-22-20(25)18-19(26-14-23-18)16-10-5-6-11-17(16)21/h2-6,8-11,14H,7,12-13H2,1H3,(H,22,25). The lowest BCUT2D eigenvalue weighted by Gasteiger charge is -2.19. The fourth-order valence-corrected chi connectivity index (χ4v) is 2.88. The van der Waals surface area contributed by atoms with Gasteiger partial charge < -0.3 is 14.6 Å². The van der Waals surface area contributed by atoms with Crippen LogP contribution in [0.25, 0.3) is 11.3 Å². The number of amides is 1. The molecule has 1 aromatic heterocycles. The van der Waals surface area contributed by atoms with Gasteiger partial charge in [-0.3, -0.25) is 4.79 Å². The maximum absolute atomic E-state index is 12.4. The first-order valence-corrected chi connectivity index (χ1v) is 8.77. The number of rotatable bonds is 7. The van der Waals surface area contributed by atoms with Crippen LogP contribution in [0.2, 0.25) is 5.02 Å². The first kappa shape index (κ1) is 18.0. The molecule has 3 aromatic rings. The molecule has 2 aromatic carbocycles. The SMILES string of the molecule is CN(CCCNC(=O)c1ncoc1-c1ccccc1Cl)c1ccccc1. The lowest BCUT2D eigenvalue weighted by molar-refractivity contribution is 0.0949. The molecule has 0 aliphatic rings. The summed E-state index contributed by atoms with van der Waals surface area (Å²) in [5.41, 5.74) is 2.05. The van der Waals surface area contributed by atoms with Gasteiger partial charge in [0.05, 0.1) is 5.02 Å². The highest BCUT2D eigenvalue weighted by molar-refractivity contribution is 6.33. The van der Waals surface area contributed by atoms with Crippen molar-refractivity contribution in [3.63, 3.8) is 0 Å². The Morgan fingerprint density at radius 1 is 1.15 bits per heavy atom. The molecule has 6 heteroatoms. The average molecular weight is 370 g/mol. The van der Waals surface area contributed by atoms with Gasteiger partial charge in [0, 0.05) is 31.4 Å². The van der Waals surface area contributed by atoms with E-state index >= 15 is 0 Å². The van der Waals surface area contributed by atoms with Gasteiger partial charge in [0.2, 0.25) is 0 Å². The number of aromatic nitrogens is 1. The molecule has 0 bridgehead atoms. The van der Waals surface area contributed by atoms with Crippen molar-refractivity contribution in [2.45, 2.75) is 6.42 Å². The van der Waals surface area contributed by atoms with Crippen molar-refractivity contribution in [3.05, 3.63) is 71.7 Å². The van der Waals surface area contributed by atoms with Crippen LogP contribution in [-0.2, 0) is 0 Å². The molecular weight excluding hydrogens is 350 g/mol. The Morgan fingerprint density at radius 3 is 2.65 bits per heavy atom. The van der Waals surface area contributed by atoms with E-state index in [0.717, 1.165) is 18.7 Å². The van der Waals surface area contributed by atoms with E-state index in [9.17, 15) is 4.79 Å². The van der Waals surface area contributed by atoms with Crippen LogP contribution in [-0.4, -0.2) is 31.0 Å². The third-order valence-electron chi connectivity index (χ3n) is 4.05. The summed E-state index contributed by atoms with van der Waals surface area (Å²) in [4.78, 5) is 18.6. The van der Waals surface area contributed by atoms with E-state index in [1.54, 1.807) is 12.1 Å². The van der Waals surface area contributed by atoms with Crippen LogP contribution in [0.5, 0.6) is 0 Å². The minimum Gasteiger partial charge on any atom is -0.443 e. The van der Waals surface area contributed by atoms with Gasteiger partial charge in [-0.1, -0.05) is 41.9 Å². The molecule has 0 spiro atoms. The van der Waals surface area contributed by atoms with E-state index in [2.05, 4.69) is 27.3 Å². The quantitative estimate of drug-likeness (QED) is 0.632. The summed E-state index contributed by atoms with van der Waals surface area (Å²) in [6.07, 6.45) is 2.08. The van der Waals surface area contributed by atoms with Crippen LogP contribution in [0.4, 0.5) is 5.69 Å². The van der Waals surface area contributed by atoms with Crippen molar-refractivity contribution < 1.29 is 9.21 Å². The molecule has 1 heterocycles. The molecular formula is C20H20ClN3O2. The molecule has 0 saturated heterocycles.